The van der Waals surface area contributed by atoms with Gasteiger partial charge >= 0.3 is 12.6 Å². The molecule has 4 rings (SSSR count). The highest BCUT2D eigenvalue weighted by molar-refractivity contribution is 6.24. The van der Waals surface area contributed by atoms with Crippen LogP contribution in [0.25, 0.3) is 0 Å². The number of methoxy groups -OCH3 is 2. The van der Waals surface area contributed by atoms with E-state index in [0.717, 1.165) is 11.6 Å². The van der Waals surface area contributed by atoms with Gasteiger partial charge in [-0.15, -0.1) is 5.48 Å². The fourth-order valence-corrected chi connectivity index (χ4v) is 7.24. The lowest BCUT2D eigenvalue weighted by Gasteiger charge is -2.34. The second-order valence-electron chi connectivity index (χ2n) is 15.0. The number of carbonyl (C=O) groups excluding carboxylic acids is 6. The lowest BCUT2D eigenvalue weighted by molar-refractivity contribution is -0.138. The quantitative estimate of drug-likeness (QED) is 0.116. The molecule has 320 valence electrons. The Kier molecular flexibility index (Phi) is 17.5. The van der Waals surface area contributed by atoms with E-state index in [-0.39, 0.29) is 59.4 Å². The number of hydroxylamine groups is 1. The molecule has 1 aliphatic carbocycles. The first-order chi connectivity index (χ1) is 28.2. The number of ketones is 2. The van der Waals surface area contributed by atoms with E-state index < -0.39 is 53.7 Å². The van der Waals surface area contributed by atoms with Crippen LogP contribution in [0.5, 0.6) is 0 Å². The van der Waals surface area contributed by atoms with Crippen LogP contribution in [0.4, 0.5) is 4.79 Å². The Morgan fingerprint density at radius 2 is 1.71 bits per heavy atom. The second-order valence-corrected chi connectivity index (χ2v) is 15.0. The maximum Gasteiger partial charge on any atom is 0.409 e. The van der Waals surface area contributed by atoms with E-state index in [9.17, 15) is 33.9 Å². The number of hydrogen-bond donors (Lipinski definition) is 4. The van der Waals surface area contributed by atoms with Crippen LogP contribution in [0.1, 0.15) is 63.4 Å². The summed E-state index contributed by atoms with van der Waals surface area (Å²) in [4.78, 5) is 86.7. The number of Topliss-reactive ketones (excluding diaryl/α,β-unsaturated/α-hetero) is 1. The summed E-state index contributed by atoms with van der Waals surface area (Å²) in [6.07, 6.45) is 5.06. The lowest BCUT2D eigenvalue weighted by Crippen LogP contribution is -2.48. The lowest BCUT2D eigenvalue weighted by atomic mass is 9.85. The Morgan fingerprint density at radius 3 is 2.34 bits per heavy atom. The molecule has 3 aliphatic rings. The highest BCUT2D eigenvalue weighted by Crippen LogP contribution is 2.29. The van der Waals surface area contributed by atoms with Crippen molar-refractivity contribution in [3.05, 3.63) is 93.9 Å². The zero-order chi connectivity index (χ0) is 43.2. The van der Waals surface area contributed by atoms with Gasteiger partial charge in [0.25, 0.3) is 11.8 Å². The molecule has 0 aromatic heterocycles. The molecule has 0 saturated carbocycles. The van der Waals surface area contributed by atoms with Crippen LogP contribution in [0.2, 0.25) is 0 Å². The molecule has 2 heterocycles. The Morgan fingerprint density at radius 1 is 1.02 bits per heavy atom. The predicted molar refractivity (Wildman–Crippen MR) is 217 cm³/mol. The van der Waals surface area contributed by atoms with Crippen LogP contribution in [-0.4, -0.2) is 122 Å². The summed E-state index contributed by atoms with van der Waals surface area (Å²) in [5, 5.41) is 16.7. The van der Waals surface area contributed by atoms with Gasteiger partial charge in [0.2, 0.25) is 11.6 Å². The summed E-state index contributed by atoms with van der Waals surface area (Å²) in [6.45, 7) is 12.4. The van der Waals surface area contributed by atoms with Crippen LogP contribution in [-0.2, 0) is 44.8 Å². The zero-order valence-corrected chi connectivity index (χ0v) is 34.8. The minimum absolute atomic E-state index is 0.00633. The van der Waals surface area contributed by atoms with Crippen molar-refractivity contribution in [3.63, 3.8) is 0 Å². The molecule has 2 bridgehead atoms. The molecule has 0 radical (unpaired) electrons. The Balaban J connectivity index is 1.60. The van der Waals surface area contributed by atoms with Gasteiger partial charge in [0, 0.05) is 75.6 Å². The van der Waals surface area contributed by atoms with Gasteiger partial charge in [-0.05, 0) is 57.2 Å². The maximum atomic E-state index is 14.1. The van der Waals surface area contributed by atoms with Crippen LogP contribution in [0.3, 0.4) is 0 Å². The number of amides is 3. The fraction of sp³-hybridized carbons (Fsp3) is 0.488. The molecule has 3 amide bonds. The first-order valence-electron chi connectivity index (χ1n) is 19.7. The van der Waals surface area contributed by atoms with Crippen LogP contribution in [0, 0.1) is 11.8 Å². The van der Waals surface area contributed by atoms with E-state index in [1.165, 1.54) is 27.2 Å². The number of aliphatic hydroxyl groups excluding tert-OH is 1. The van der Waals surface area contributed by atoms with E-state index in [4.69, 9.17) is 19.0 Å². The Labute approximate surface area is 345 Å². The molecular formula is C43H57N5O11. The van der Waals surface area contributed by atoms with E-state index in [2.05, 4.69) is 21.0 Å². The molecular weight excluding hydrogens is 762 g/mol. The first-order valence-corrected chi connectivity index (χ1v) is 19.7. The number of rotatable bonds is 10. The van der Waals surface area contributed by atoms with Crippen LogP contribution >= 0.6 is 0 Å². The monoisotopic (exact) mass is 819 g/mol. The van der Waals surface area contributed by atoms with E-state index in [1.54, 1.807) is 43.0 Å². The van der Waals surface area contributed by atoms with Crippen LogP contribution in [0.15, 0.2) is 82.8 Å². The van der Waals surface area contributed by atoms with Crippen LogP contribution < -0.4 is 16.1 Å². The average Bonchev–Trinajstić information content (AvgIpc) is 3.22. The summed E-state index contributed by atoms with van der Waals surface area (Å²) in [6, 6.07) is 6.25. The molecule has 1 aromatic carbocycles. The topological polar surface area (TPSA) is 202 Å². The molecule has 0 spiro atoms. The second kappa shape index (κ2) is 22.2. The zero-order valence-electron chi connectivity index (χ0n) is 34.8. The first kappa shape index (κ1) is 46.4. The van der Waals surface area contributed by atoms with Crippen molar-refractivity contribution < 1.29 is 52.9 Å². The number of nitrogens with one attached hydrogen (secondary N) is 3. The molecule has 6 atom stereocenters. The minimum Gasteiger partial charge on any atom is -0.450 e. The molecule has 4 N–H and O–H groups in total. The Hall–Kier alpha value is -5.26. The SMILES string of the molecule is CCOC(=O)N1CCN(Cc2ccc(C(=O)NC3=C4C[C@@H](C)C[C@H](OC)[C@H](O)[C@@H](C)/C=C(\C)[C@H](NOC=O)[C@@H](OC)/C=C\C=C(/C)C(=O)NC(=CC3=O)C4=O)cc2)CC1. The Bertz CT molecular complexity index is 1860. The number of nitrogens with zero attached hydrogens (tertiary/aromatic N) is 2. The van der Waals surface area contributed by atoms with Gasteiger partial charge in [-0.25, -0.2) is 4.79 Å². The van der Waals surface area contributed by atoms with Gasteiger partial charge < -0.3 is 39.7 Å². The molecule has 1 saturated heterocycles. The summed E-state index contributed by atoms with van der Waals surface area (Å²) >= 11 is 0. The summed E-state index contributed by atoms with van der Waals surface area (Å²) < 4.78 is 16.5. The van der Waals surface area contributed by atoms with E-state index in [0.29, 0.717) is 44.9 Å². The van der Waals surface area contributed by atoms with Crippen molar-refractivity contribution in [1.29, 1.82) is 0 Å². The average molecular weight is 820 g/mol. The standard InChI is InChI=1S/C43H57N5O11/c1-8-58-43(55)48-18-16-47(17-19-48)24-30-12-14-31(15-13-30)42(54)45-38-32-20-26(2)21-36(57-7)39(51)29(5)22-28(4)37(46-59-25-49)35(56-6)11-9-10-27(3)41(53)44-33(40(32)52)23-34(38)50/h9-15,22-23,25-26,29,35-37,39,46,51H,8,16-21,24H2,1-7H3,(H,44,53)(H,45,54)/b11-9-,27-10+,28-22+/t26-,29+,35+,36+,37+,39-/m1/s1. The molecule has 16 heteroatoms. The summed E-state index contributed by atoms with van der Waals surface area (Å²) in [5.41, 5.74) is 4.34. The number of hydrogen-bond acceptors (Lipinski definition) is 13. The fourth-order valence-electron chi connectivity index (χ4n) is 7.24. The van der Waals surface area contributed by atoms with Crippen molar-refractivity contribution in [2.24, 2.45) is 11.8 Å². The van der Waals surface area contributed by atoms with Crippen molar-refractivity contribution in [2.45, 2.75) is 78.4 Å². The number of aliphatic hydroxyl groups is 1. The summed E-state index contributed by atoms with van der Waals surface area (Å²) in [7, 11) is 2.94. The van der Waals surface area contributed by atoms with E-state index >= 15 is 0 Å². The largest absolute Gasteiger partial charge is 0.450 e. The van der Waals surface area contributed by atoms with Crippen molar-refractivity contribution in [1.82, 2.24) is 25.9 Å². The third-order valence-electron chi connectivity index (χ3n) is 10.6. The molecule has 1 fully saturated rings. The molecule has 0 unspecified atom stereocenters. The van der Waals surface area contributed by atoms with Gasteiger partial charge in [-0.1, -0.05) is 55.9 Å². The van der Waals surface area contributed by atoms with Gasteiger partial charge in [0.1, 0.15) is 0 Å². The molecule has 59 heavy (non-hydrogen) atoms. The smallest absolute Gasteiger partial charge is 0.409 e. The normalized spacial score (nSPS) is 27.7. The summed E-state index contributed by atoms with van der Waals surface area (Å²) in [5.74, 6) is -3.36. The molecule has 16 nitrogen and oxygen atoms in total. The van der Waals surface area contributed by atoms with Crippen molar-refractivity contribution >= 4 is 35.9 Å². The highest BCUT2D eigenvalue weighted by atomic mass is 16.7. The van der Waals surface area contributed by atoms with Gasteiger partial charge in [0.15, 0.2) is 0 Å². The molecule has 1 aromatic rings. The molecule has 2 aliphatic heterocycles. The third kappa shape index (κ3) is 12.6. The van der Waals surface area contributed by atoms with Crippen molar-refractivity contribution in [3.8, 4) is 0 Å². The predicted octanol–water partition coefficient (Wildman–Crippen LogP) is 3.05. The van der Waals surface area contributed by atoms with E-state index in [1.807, 2.05) is 32.1 Å². The van der Waals surface area contributed by atoms with Gasteiger partial charge in [-0.3, -0.25) is 28.9 Å². The maximum absolute atomic E-state index is 14.1. The number of allylic oxidation sites excluding steroid dienone is 4. The third-order valence-corrected chi connectivity index (χ3v) is 10.6. The number of ether oxygens (including phenoxy) is 3. The number of benzene rings is 1. The minimum atomic E-state index is -1.02. The number of piperazine rings is 1. The highest BCUT2D eigenvalue weighted by Gasteiger charge is 2.34. The van der Waals surface area contributed by atoms with Gasteiger partial charge in [0.05, 0.1) is 42.4 Å². The number of carbonyl (C=O) groups is 6. The number of fused-ring (bicyclic) bond motifs is 2. The van der Waals surface area contributed by atoms with Gasteiger partial charge in [-0.2, -0.15) is 0 Å². The van der Waals surface area contributed by atoms with Crippen molar-refractivity contribution in [2.75, 3.05) is 47.0 Å².